The Kier molecular flexibility index (Phi) is 5.78. The number of halogens is 1. The highest BCUT2D eigenvalue weighted by Gasteiger charge is 2.13. The molecule has 1 atom stereocenters. The summed E-state index contributed by atoms with van der Waals surface area (Å²) >= 11 is 0. The Morgan fingerprint density at radius 1 is 1.14 bits per heavy atom. The molecule has 0 aliphatic carbocycles. The quantitative estimate of drug-likeness (QED) is 0.851. The molecule has 0 radical (unpaired) electrons. The molecule has 0 amide bonds. The van der Waals surface area contributed by atoms with Crippen LogP contribution in [0.4, 0.5) is 4.39 Å². The van der Waals surface area contributed by atoms with Crippen molar-refractivity contribution in [3.05, 3.63) is 59.4 Å². The summed E-state index contributed by atoms with van der Waals surface area (Å²) in [7, 11) is 1.62. The van der Waals surface area contributed by atoms with E-state index in [1.807, 2.05) is 31.2 Å². The first kappa shape index (κ1) is 16.3. The van der Waals surface area contributed by atoms with Crippen LogP contribution < -0.4 is 15.2 Å². The lowest BCUT2D eigenvalue weighted by atomic mass is 9.92. The zero-order chi connectivity index (χ0) is 15.9. The van der Waals surface area contributed by atoms with Crippen LogP contribution in [-0.2, 0) is 6.42 Å². The zero-order valence-corrected chi connectivity index (χ0v) is 13.0. The summed E-state index contributed by atoms with van der Waals surface area (Å²) in [6.45, 7) is 2.96. The summed E-state index contributed by atoms with van der Waals surface area (Å²) < 4.78 is 24.3. The van der Waals surface area contributed by atoms with E-state index in [-0.39, 0.29) is 11.7 Å². The summed E-state index contributed by atoms with van der Waals surface area (Å²) in [4.78, 5) is 0. The number of hydrogen-bond acceptors (Lipinski definition) is 3. The molecule has 1 unspecified atom stereocenters. The van der Waals surface area contributed by atoms with E-state index in [0.29, 0.717) is 18.9 Å². The predicted octanol–water partition coefficient (Wildman–Crippen LogP) is 3.52. The number of methoxy groups -OCH3 is 1. The lowest BCUT2D eigenvalue weighted by Crippen LogP contribution is -2.15. The van der Waals surface area contributed by atoms with Gasteiger partial charge in [0.25, 0.3) is 0 Å². The van der Waals surface area contributed by atoms with Crippen molar-refractivity contribution >= 4 is 0 Å². The molecular formula is C18H22FNO2. The number of hydrogen-bond donors (Lipinski definition) is 1. The monoisotopic (exact) mass is 303 g/mol. The molecule has 0 saturated carbocycles. The van der Waals surface area contributed by atoms with Crippen molar-refractivity contribution in [2.75, 3.05) is 20.3 Å². The third kappa shape index (κ3) is 3.98. The van der Waals surface area contributed by atoms with Gasteiger partial charge in [0.05, 0.1) is 13.7 Å². The minimum atomic E-state index is -0.235. The van der Waals surface area contributed by atoms with Crippen LogP contribution in [0, 0.1) is 5.82 Å². The predicted molar refractivity (Wildman–Crippen MR) is 86.1 cm³/mol. The summed E-state index contributed by atoms with van der Waals surface area (Å²) in [6.07, 6.45) is 0.726. The smallest absolute Gasteiger partial charge is 0.161 e. The molecule has 2 rings (SSSR count). The lowest BCUT2D eigenvalue weighted by molar-refractivity contribution is 0.310. The zero-order valence-electron chi connectivity index (χ0n) is 13.0. The fourth-order valence-corrected chi connectivity index (χ4v) is 2.50. The topological polar surface area (TPSA) is 44.5 Å². The van der Waals surface area contributed by atoms with Crippen LogP contribution >= 0.6 is 0 Å². The van der Waals surface area contributed by atoms with Gasteiger partial charge in [-0.05, 0) is 55.3 Å². The summed E-state index contributed by atoms with van der Waals surface area (Å²) in [5.41, 5.74) is 7.88. The Hall–Kier alpha value is -2.07. The normalized spacial score (nSPS) is 12.0. The maximum absolute atomic E-state index is 13.4. The lowest BCUT2D eigenvalue weighted by Gasteiger charge is -2.17. The molecule has 2 N–H and O–H groups in total. The molecule has 0 fully saturated rings. The minimum absolute atomic E-state index is 0.0681. The van der Waals surface area contributed by atoms with Crippen LogP contribution in [0.2, 0.25) is 0 Å². The first-order chi connectivity index (χ1) is 10.7. The summed E-state index contributed by atoms with van der Waals surface area (Å²) in [5.74, 6) is 1.26. The van der Waals surface area contributed by atoms with Gasteiger partial charge < -0.3 is 15.2 Å². The van der Waals surface area contributed by atoms with E-state index in [9.17, 15) is 4.39 Å². The van der Waals surface area contributed by atoms with Gasteiger partial charge in [-0.2, -0.15) is 0 Å². The fraction of sp³-hybridized carbons (Fsp3) is 0.333. The Morgan fingerprint density at radius 3 is 2.59 bits per heavy atom. The molecule has 0 bridgehead atoms. The van der Waals surface area contributed by atoms with Crippen LogP contribution in [-0.4, -0.2) is 20.3 Å². The van der Waals surface area contributed by atoms with Crippen LogP contribution in [0.3, 0.4) is 0 Å². The van der Waals surface area contributed by atoms with Gasteiger partial charge in [0.15, 0.2) is 11.5 Å². The molecule has 0 heterocycles. The fourth-order valence-electron chi connectivity index (χ4n) is 2.50. The van der Waals surface area contributed by atoms with Crippen molar-refractivity contribution in [2.45, 2.75) is 19.3 Å². The average Bonchev–Trinajstić information content (AvgIpc) is 2.53. The third-order valence-electron chi connectivity index (χ3n) is 3.61. The molecule has 118 valence electrons. The highest BCUT2D eigenvalue weighted by Crippen LogP contribution is 2.30. The molecule has 22 heavy (non-hydrogen) atoms. The Labute approximate surface area is 130 Å². The van der Waals surface area contributed by atoms with Crippen LogP contribution in [0.15, 0.2) is 42.5 Å². The summed E-state index contributed by atoms with van der Waals surface area (Å²) in [6, 6.07) is 12.5. The van der Waals surface area contributed by atoms with E-state index in [0.717, 1.165) is 23.3 Å². The maximum Gasteiger partial charge on any atom is 0.161 e. The van der Waals surface area contributed by atoms with Gasteiger partial charge in [0.2, 0.25) is 0 Å². The van der Waals surface area contributed by atoms with Gasteiger partial charge in [-0.3, -0.25) is 0 Å². The molecule has 0 aliphatic rings. The first-order valence-electron chi connectivity index (χ1n) is 7.43. The van der Waals surface area contributed by atoms with E-state index in [2.05, 4.69) is 0 Å². The van der Waals surface area contributed by atoms with Crippen molar-refractivity contribution in [2.24, 2.45) is 5.73 Å². The Balaban J connectivity index is 2.22. The van der Waals surface area contributed by atoms with Gasteiger partial charge in [0, 0.05) is 5.92 Å². The van der Waals surface area contributed by atoms with Crippen molar-refractivity contribution in [3.8, 4) is 11.5 Å². The van der Waals surface area contributed by atoms with Crippen LogP contribution in [0.1, 0.15) is 24.0 Å². The van der Waals surface area contributed by atoms with E-state index in [4.69, 9.17) is 15.2 Å². The van der Waals surface area contributed by atoms with E-state index in [1.165, 1.54) is 6.07 Å². The second-order valence-corrected chi connectivity index (χ2v) is 5.11. The van der Waals surface area contributed by atoms with E-state index >= 15 is 0 Å². The Morgan fingerprint density at radius 2 is 1.95 bits per heavy atom. The standard InChI is InChI=1S/C18H22FNO2/c1-3-22-18-10-13(7-8-17(18)21-2)9-15(12-20)14-5-4-6-16(19)11-14/h4-8,10-11,15H,3,9,12,20H2,1-2H3. The molecule has 2 aromatic carbocycles. The molecule has 3 nitrogen and oxygen atoms in total. The Bertz CT molecular complexity index is 616. The highest BCUT2D eigenvalue weighted by atomic mass is 19.1. The van der Waals surface area contributed by atoms with Gasteiger partial charge >= 0.3 is 0 Å². The molecule has 0 aromatic heterocycles. The largest absolute Gasteiger partial charge is 0.493 e. The minimum Gasteiger partial charge on any atom is -0.493 e. The number of nitrogens with two attached hydrogens (primary N) is 1. The van der Waals surface area contributed by atoms with E-state index < -0.39 is 0 Å². The van der Waals surface area contributed by atoms with Crippen molar-refractivity contribution < 1.29 is 13.9 Å². The van der Waals surface area contributed by atoms with Crippen molar-refractivity contribution in [1.29, 1.82) is 0 Å². The van der Waals surface area contributed by atoms with Gasteiger partial charge in [-0.15, -0.1) is 0 Å². The van der Waals surface area contributed by atoms with E-state index in [1.54, 1.807) is 19.2 Å². The average molecular weight is 303 g/mol. The number of rotatable bonds is 7. The third-order valence-corrected chi connectivity index (χ3v) is 3.61. The van der Waals surface area contributed by atoms with Gasteiger partial charge in [0.1, 0.15) is 5.82 Å². The van der Waals surface area contributed by atoms with Crippen molar-refractivity contribution in [1.82, 2.24) is 0 Å². The highest BCUT2D eigenvalue weighted by molar-refractivity contribution is 5.43. The molecule has 0 aliphatic heterocycles. The molecule has 4 heteroatoms. The molecule has 0 saturated heterocycles. The van der Waals surface area contributed by atoms with Gasteiger partial charge in [-0.1, -0.05) is 18.2 Å². The maximum atomic E-state index is 13.4. The van der Waals surface area contributed by atoms with Crippen LogP contribution in [0.25, 0.3) is 0 Å². The molecule has 0 spiro atoms. The second kappa shape index (κ2) is 7.80. The second-order valence-electron chi connectivity index (χ2n) is 5.11. The molecular weight excluding hydrogens is 281 g/mol. The summed E-state index contributed by atoms with van der Waals surface area (Å²) in [5, 5.41) is 0. The molecule has 2 aromatic rings. The van der Waals surface area contributed by atoms with Crippen LogP contribution in [0.5, 0.6) is 11.5 Å². The van der Waals surface area contributed by atoms with Crippen molar-refractivity contribution in [3.63, 3.8) is 0 Å². The SMILES string of the molecule is CCOc1cc(CC(CN)c2cccc(F)c2)ccc1OC. The first-order valence-corrected chi connectivity index (χ1v) is 7.43. The number of benzene rings is 2. The number of ether oxygens (including phenoxy) is 2. The van der Waals surface area contributed by atoms with Gasteiger partial charge in [-0.25, -0.2) is 4.39 Å².